The van der Waals surface area contributed by atoms with Gasteiger partial charge < -0.3 is 26.1 Å². The second-order valence-electron chi connectivity index (χ2n) is 7.59. The molecule has 0 bridgehead atoms. The molecule has 1 aliphatic heterocycles. The Bertz CT molecular complexity index is 1140. The standard InChI is InChI=1S/C23H24FN7O2/c1-14-8-17(6-7-27-14)29-19-12-28-22(9-15(19)10-25)31-23(32)30-20-11-26-13-21(20)33-18-4-2-16(24)3-5-18/h2-10,12,20-21,25-26H,11,13H2,1H3,(H,27,29)(H2,28,30,31,32)/t20-,21-/m0/s1. The molecular formula is C23H24FN7O2. The van der Waals surface area contributed by atoms with E-state index in [0.717, 1.165) is 11.4 Å². The third-order valence-corrected chi connectivity index (χ3v) is 5.08. The summed E-state index contributed by atoms with van der Waals surface area (Å²) in [5, 5.41) is 19.7. The van der Waals surface area contributed by atoms with Gasteiger partial charge in [-0.25, -0.2) is 14.2 Å². The first-order valence-electron chi connectivity index (χ1n) is 10.4. The predicted molar refractivity (Wildman–Crippen MR) is 124 cm³/mol. The molecule has 4 rings (SSSR count). The molecule has 170 valence electrons. The van der Waals surface area contributed by atoms with Crippen molar-refractivity contribution in [2.75, 3.05) is 23.7 Å². The number of carbonyl (C=O) groups excluding carboxylic acids is 1. The van der Waals surface area contributed by atoms with Gasteiger partial charge in [0.2, 0.25) is 0 Å². The van der Waals surface area contributed by atoms with Gasteiger partial charge >= 0.3 is 6.03 Å². The van der Waals surface area contributed by atoms with E-state index in [0.29, 0.717) is 35.9 Å². The summed E-state index contributed by atoms with van der Waals surface area (Å²) in [5.41, 5.74) is 2.89. The van der Waals surface area contributed by atoms with Gasteiger partial charge in [-0.2, -0.15) is 0 Å². The first-order valence-corrected chi connectivity index (χ1v) is 10.4. The van der Waals surface area contributed by atoms with Gasteiger partial charge in [-0.05, 0) is 49.4 Å². The fourth-order valence-electron chi connectivity index (χ4n) is 3.47. The molecule has 0 saturated carbocycles. The predicted octanol–water partition coefficient (Wildman–Crippen LogP) is 3.21. The number of halogens is 1. The molecule has 5 N–H and O–H groups in total. The Balaban J connectivity index is 1.37. The van der Waals surface area contributed by atoms with Crippen molar-refractivity contribution in [2.45, 2.75) is 19.1 Å². The van der Waals surface area contributed by atoms with Crippen LogP contribution in [0.1, 0.15) is 11.3 Å². The number of pyridine rings is 2. The van der Waals surface area contributed by atoms with Crippen LogP contribution in [0.3, 0.4) is 0 Å². The van der Waals surface area contributed by atoms with Crippen LogP contribution < -0.4 is 26.0 Å². The number of nitrogens with zero attached hydrogens (tertiary/aromatic N) is 2. The van der Waals surface area contributed by atoms with Crippen LogP contribution in [0, 0.1) is 18.2 Å². The zero-order valence-corrected chi connectivity index (χ0v) is 17.9. The SMILES string of the molecule is Cc1cc(Nc2cnc(NC(=O)N[C@H]3CNC[C@@H]3Oc3ccc(F)cc3)cc2C=N)ccn1. The Morgan fingerprint density at radius 1 is 1.21 bits per heavy atom. The van der Waals surface area contributed by atoms with Gasteiger partial charge in [0.1, 0.15) is 23.5 Å². The summed E-state index contributed by atoms with van der Waals surface area (Å²) in [5.74, 6) is 0.501. The van der Waals surface area contributed by atoms with Gasteiger partial charge in [0, 0.05) is 42.4 Å². The number of aromatic nitrogens is 2. The molecule has 1 saturated heterocycles. The quantitative estimate of drug-likeness (QED) is 0.353. The Morgan fingerprint density at radius 2 is 2.03 bits per heavy atom. The highest BCUT2D eigenvalue weighted by Crippen LogP contribution is 2.22. The van der Waals surface area contributed by atoms with Crippen LogP contribution >= 0.6 is 0 Å². The molecule has 1 aliphatic rings. The number of amides is 2. The highest BCUT2D eigenvalue weighted by Gasteiger charge is 2.30. The lowest BCUT2D eigenvalue weighted by Gasteiger charge is -2.21. The molecule has 2 aromatic heterocycles. The molecule has 0 aliphatic carbocycles. The van der Waals surface area contributed by atoms with Crippen molar-refractivity contribution in [1.29, 1.82) is 5.41 Å². The van der Waals surface area contributed by atoms with Crippen LogP contribution in [0.4, 0.5) is 26.4 Å². The molecule has 0 radical (unpaired) electrons. The fraction of sp³-hybridized carbons (Fsp3) is 0.217. The van der Waals surface area contributed by atoms with E-state index in [1.165, 1.54) is 18.3 Å². The summed E-state index contributed by atoms with van der Waals surface area (Å²) < 4.78 is 19.0. The van der Waals surface area contributed by atoms with Crippen molar-refractivity contribution in [3.63, 3.8) is 0 Å². The maximum Gasteiger partial charge on any atom is 0.320 e. The average molecular weight is 449 g/mol. The molecule has 0 spiro atoms. The Kier molecular flexibility index (Phi) is 6.75. The van der Waals surface area contributed by atoms with Crippen LogP contribution in [0.25, 0.3) is 0 Å². The van der Waals surface area contributed by atoms with Gasteiger partial charge in [0.05, 0.1) is 17.9 Å². The maximum atomic E-state index is 13.1. The minimum absolute atomic E-state index is 0.284. The smallest absolute Gasteiger partial charge is 0.320 e. The van der Waals surface area contributed by atoms with Gasteiger partial charge in [0.15, 0.2) is 0 Å². The summed E-state index contributed by atoms with van der Waals surface area (Å²) in [6.45, 7) is 2.97. The van der Waals surface area contributed by atoms with Crippen molar-refractivity contribution >= 4 is 29.4 Å². The van der Waals surface area contributed by atoms with E-state index in [4.69, 9.17) is 10.1 Å². The molecule has 2 amide bonds. The maximum absolute atomic E-state index is 13.1. The Morgan fingerprint density at radius 3 is 2.79 bits per heavy atom. The van der Waals surface area contributed by atoms with Crippen molar-refractivity contribution in [3.8, 4) is 5.75 Å². The topological polar surface area (TPSA) is 124 Å². The molecule has 0 unspecified atom stereocenters. The number of carbonyl (C=O) groups is 1. The molecule has 2 atom stereocenters. The van der Waals surface area contributed by atoms with Crippen LogP contribution in [-0.2, 0) is 0 Å². The number of anilines is 3. The number of nitrogens with one attached hydrogen (secondary N) is 5. The lowest BCUT2D eigenvalue weighted by Crippen LogP contribution is -2.46. The highest BCUT2D eigenvalue weighted by atomic mass is 19.1. The largest absolute Gasteiger partial charge is 0.487 e. The third kappa shape index (κ3) is 5.80. The molecule has 1 aromatic carbocycles. The molecule has 1 fully saturated rings. The first-order chi connectivity index (χ1) is 16.0. The lowest BCUT2D eigenvalue weighted by atomic mass is 10.2. The van der Waals surface area contributed by atoms with E-state index in [2.05, 4.69) is 31.2 Å². The van der Waals surface area contributed by atoms with Gasteiger partial charge in [-0.1, -0.05) is 0 Å². The normalized spacial score (nSPS) is 17.3. The van der Waals surface area contributed by atoms with Crippen molar-refractivity contribution < 1.29 is 13.9 Å². The number of hydrogen-bond acceptors (Lipinski definition) is 7. The van der Waals surface area contributed by atoms with E-state index in [-0.39, 0.29) is 18.0 Å². The molecular weight excluding hydrogens is 425 g/mol. The average Bonchev–Trinajstić information content (AvgIpc) is 3.22. The van der Waals surface area contributed by atoms with Crippen molar-refractivity contribution in [1.82, 2.24) is 20.6 Å². The summed E-state index contributed by atoms with van der Waals surface area (Å²) >= 11 is 0. The number of hydrogen-bond donors (Lipinski definition) is 5. The van der Waals surface area contributed by atoms with Gasteiger partial charge in [-0.15, -0.1) is 0 Å². The van der Waals surface area contributed by atoms with Gasteiger partial charge in [-0.3, -0.25) is 10.3 Å². The van der Waals surface area contributed by atoms with Crippen molar-refractivity contribution in [2.24, 2.45) is 0 Å². The van der Waals surface area contributed by atoms with Crippen LogP contribution in [0.2, 0.25) is 0 Å². The summed E-state index contributed by atoms with van der Waals surface area (Å²) in [4.78, 5) is 21.0. The number of ether oxygens (including phenoxy) is 1. The number of aryl methyl sites for hydroxylation is 1. The monoisotopic (exact) mass is 449 g/mol. The van der Waals surface area contributed by atoms with E-state index >= 15 is 0 Å². The molecule has 3 heterocycles. The Labute approximate surface area is 190 Å². The zero-order valence-electron chi connectivity index (χ0n) is 17.9. The molecule has 9 nitrogen and oxygen atoms in total. The first kappa shape index (κ1) is 22.2. The van der Waals surface area contributed by atoms with Crippen molar-refractivity contribution in [3.05, 3.63) is 71.9 Å². The number of urea groups is 1. The van der Waals surface area contributed by atoms with Crippen LogP contribution in [0.5, 0.6) is 5.75 Å². The summed E-state index contributed by atoms with van der Waals surface area (Å²) in [6.07, 6.45) is 4.14. The molecule has 10 heteroatoms. The third-order valence-electron chi connectivity index (χ3n) is 5.08. The molecule has 3 aromatic rings. The Hall–Kier alpha value is -4.05. The summed E-state index contributed by atoms with van der Waals surface area (Å²) in [6, 6.07) is 10.4. The fourth-order valence-corrected chi connectivity index (χ4v) is 3.47. The number of rotatable bonds is 7. The zero-order chi connectivity index (χ0) is 23.2. The van der Waals surface area contributed by atoms with E-state index in [1.807, 2.05) is 19.1 Å². The van der Waals surface area contributed by atoms with E-state index in [1.54, 1.807) is 30.6 Å². The van der Waals surface area contributed by atoms with Crippen LogP contribution in [-0.4, -0.2) is 47.4 Å². The van der Waals surface area contributed by atoms with Crippen LogP contribution in [0.15, 0.2) is 54.9 Å². The lowest BCUT2D eigenvalue weighted by molar-refractivity contribution is 0.187. The summed E-state index contributed by atoms with van der Waals surface area (Å²) in [7, 11) is 0. The van der Waals surface area contributed by atoms with E-state index in [9.17, 15) is 9.18 Å². The highest BCUT2D eigenvalue weighted by molar-refractivity contribution is 5.92. The minimum Gasteiger partial charge on any atom is -0.487 e. The number of benzene rings is 1. The molecule has 33 heavy (non-hydrogen) atoms. The van der Waals surface area contributed by atoms with Gasteiger partial charge in [0.25, 0.3) is 0 Å². The second-order valence-corrected chi connectivity index (χ2v) is 7.59. The minimum atomic E-state index is -0.440. The second kappa shape index (κ2) is 10.0. The van der Waals surface area contributed by atoms with E-state index < -0.39 is 6.03 Å².